The molecule has 0 bridgehead atoms. The van der Waals surface area contributed by atoms with E-state index >= 15 is 0 Å². The predicted molar refractivity (Wildman–Crippen MR) is 92.2 cm³/mol. The van der Waals surface area contributed by atoms with Gasteiger partial charge in [-0.15, -0.1) is 0 Å². The van der Waals surface area contributed by atoms with Crippen LogP contribution in [0.15, 0.2) is 46.9 Å². The van der Waals surface area contributed by atoms with Crippen molar-refractivity contribution >= 4 is 26.7 Å². The number of rotatable bonds is 3. The highest BCUT2D eigenvalue weighted by Gasteiger charge is 2.19. The summed E-state index contributed by atoms with van der Waals surface area (Å²) in [4.78, 5) is 0.278. The lowest BCUT2D eigenvalue weighted by Gasteiger charge is -2.13. The first-order valence-corrected chi connectivity index (χ1v) is 8.16. The number of alkyl halides is 1. The monoisotopic (exact) mass is 342 g/mol. The summed E-state index contributed by atoms with van der Waals surface area (Å²) >= 11 is 3.86. The Balaban J connectivity index is 1.98. The molecule has 1 heterocycles. The Morgan fingerprint density at radius 3 is 2.38 bits per heavy atom. The highest BCUT2D eigenvalue weighted by atomic mass is 79.9. The third-order valence-electron chi connectivity index (χ3n) is 4.21. The number of hydrogen-bond acceptors (Lipinski definition) is 1. The molecule has 0 radical (unpaired) electrons. The van der Waals surface area contributed by atoms with E-state index in [1.54, 1.807) is 0 Å². The van der Waals surface area contributed by atoms with Crippen LogP contribution >= 0.6 is 15.9 Å². The summed E-state index contributed by atoms with van der Waals surface area (Å²) in [6, 6.07) is 15.1. The van der Waals surface area contributed by atoms with E-state index in [9.17, 15) is 0 Å². The van der Waals surface area contributed by atoms with E-state index in [0.717, 1.165) is 17.9 Å². The number of benzene rings is 2. The normalized spacial score (nSPS) is 12.8. The van der Waals surface area contributed by atoms with E-state index in [2.05, 4.69) is 65.3 Å². The largest absolute Gasteiger partial charge is 0.466 e. The molecular weight excluding hydrogens is 324 g/mol. The minimum absolute atomic E-state index is 0.278. The molecule has 2 aromatic carbocycles. The highest BCUT2D eigenvalue weighted by Crippen LogP contribution is 2.36. The fourth-order valence-corrected chi connectivity index (χ4v) is 4.05. The summed E-state index contributed by atoms with van der Waals surface area (Å²) in [5.41, 5.74) is 3.92. The summed E-state index contributed by atoms with van der Waals surface area (Å²) < 4.78 is 5.76. The maximum Gasteiger partial charge on any atom is 0.105 e. The summed E-state index contributed by atoms with van der Waals surface area (Å²) in [5, 5.41) is 2.63. The smallest absolute Gasteiger partial charge is 0.105 e. The van der Waals surface area contributed by atoms with Crippen LogP contribution in [0, 0.1) is 20.8 Å². The molecule has 0 spiro atoms. The van der Waals surface area contributed by atoms with Crippen LogP contribution in [0.4, 0.5) is 0 Å². The first kappa shape index (κ1) is 14.4. The fourth-order valence-electron chi connectivity index (χ4n) is 3.04. The molecule has 1 unspecified atom stereocenters. The Morgan fingerprint density at radius 1 is 0.952 bits per heavy atom. The zero-order valence-electron chi connectivity index (χ0n) is 12.6. The van der Waals surface area contributed by atoms with Crippen molar-refractivity contribution in [3.8, 4) is 0 Å². The molecule has 0 amide bonds. The van der Waals surface area contributed by atoms with E-state index in [-0.39, 0.29) is 4.83 Å². The van der Waals surface area contributed by atoms with Crippen LogP contribution in [0.2, 0.25) is 0 Å². The van der Waals surface area contributed by atoms with Gasteiger partial charge >= 0.3 is 0 Å². The van der Waals surface area contributed by atoms with Gasteiger partial charge in [0, 0.05) is 10.4 Å². The zero-order valence-corrected chi connectivity index (χ0v) is 14.2. The minimum atomic E-state index is 0.278. The Labute approximate surface area is 134 Å². The molecule has 108 valence electrons. The van der Waals surface area contributed by atoms with Crippen LogP contribution in [0.5, 0.6) is 0 Å². The summed E-state index contributed by atoms with van der Waals surface area (Å²) in [6.07, 6.45) is 0.960. The van der Waals surface area contributed by atoms with Crippen molar-refractivity contribution in [1.82, 2.24) is 0 Å². The Kier molecular flexibility index (Phi) is 3.90. The summed E-state index contributed by atoms with van der Waals surface area (Å²) in [7, 11) is 0. The van der Waals surface area contributed by atoms with Gasteiger partial charge in [0.2, 0.25) is 0 Å². The maximum atomic E-state index is 5.76. The van der Waals surface area contributed by atoms with Crippen molar-refractivity contribution in [2.75, 3.05) is 0 Å². The van der Waals surface area contributed by atoms with Crippen molar-refractivity contribution in [3.63, 3.8) is 0 Å². The highest BCUT2D eigenvalue weighted by molar-refractivity contribution is 9.09. The van der Waals surface area contributed by atoms with Crippen molar-refractivity contribution in [2.24, 2.45) is 0 Å². The van der Waals surface area contributed by atoms with Crippen molar-refractivity contribution in [2.45, 2.75) is 32.0 Å². The topological polar surface area (TPSA) is 13.1 Å². The van der Waals surface area contributed by atoms with Gasteiger partial charge in [0.25, 0.3) is 0 Å². The van der Waals surface area contributed by atoms with Gasteiger partial charge in [-0.05, 0) is 49.1 Å². The predicted octanol–water partition coefficient (Wildman–Crippen LogP) is 6.04. The minimum Gasteiger partial charge on any atom is -0.466 e. The van der Waals surface area contributed by atoms with Gasteiger partial charge in [-0.3, -0.25) is 0 Å². The zero-order chi connectivity index (χ0) is 15.0. The second-order valence-electron chi connectivity index (χ2n) is 5.56. The average molecular weight is 343 g/mol. The standard InChI is InChI=1S/C19H19BrO/c1-12-13(2)21-14(3)19(12)18(20)11-16-9-6-8-15-7-4-5-10-17(15)16/h4-10,18H,11H2,1-3H3. The van der Waals surface area contributed by atoms with E-state index < -0.39 is 0 Å². The molecule has 0 aliphatic heterocycles. The molecule has 0 fully saturated rings. The molecule has 0 saturated carbocycles. The maximum absolute atomic E-state index is 5.76. The van der Waals surface area contributed by atoms with E-state index in [4.69, 9.17) is 4.42 Å². The van der Waals surface area contributed by atoms with Gasteiger partial charge in [-0.2, -0.15) is 0 Å². The Bertz CT molecular complexity index is 780. The molecule has 3 aromatic rings. The molecule has 3 rings (SSSR count). The third kappa shape index (κ3) is 2.65. The molecule has 1 atom stereocenters. The van der Waals surface area contributed by atoms with Gasteiger partial charge in [0.1, 0.15) is 11.5 Å². The molecule has 2 heteroatoms. The van der Waals surface area contributed by atoms with Gasteiger partial charge < -0.3 is 4.42 Å². The van der Waals surface area contributed by atoms with Crippen LogP contribution in [0.3, 0.4) is 0 Å². The lowest BCUT2D eigenvalue weighted by atomic mass is 9.97. The van der Waals surface area contributed by atoms with Gasteiger partial charge in [-0.1, -0.05) is 58.4 Å². The molecule has 0 aliphatic rings. The van der Waals surface area contributed by atoms with Crippen molar-refractivity contribution in [1.29, 1.82) is 0 Å². The van der Waals surface area contributed by atoms with Gasteiger partial charge in [0.05, 0.1) is 0 Å². The average Bonchev–Trinajstić information content (AvgIpc) is 2.72. The number of furan rings is 1. The molecule has 0 aliphatic carbocycles. The first-order chi connectivity index (χ1) is 10.1. The van der Waals surface area contributed by atoms with Crippen LogP contribution in [-0.4, -0.2) is 0 Å². The van der Waals surface area contributed by atoms with E-state index in [0.29, 0.717) is 0 Å². The van der Waals surface area contributed by atoms with E-state index in [1.807, 2.05) is 13.8 Å². The van der Waals surface area contributed by atoms with Crippen LogP contribution < -0.4 is 0 Å². The SMILES string of the molecule is Cc1oc(C)c(C(Br)Cc2cccc3ccccc23)c1C. The quantitative estimate of drug-likeness (QED) is 0.529. The van der Waals surface area contributed by atoms with Crippen LogP contribution in [-0.2, 0) is 6.42 Å². The lowest BCUT2D eigenvalue weighted by Crippen LogP contribution is -1.98. The van der Waals surface area contributed by atoms with Gasteiger partial charge in [0.15, 0.2) is 0 Å². The summed E-state index contributed by atoms with van der Waals surface area (Å²) in [5.74, 6) is 2.04. The Morgan fingerprint density at radius 2 is 1.67 bits per heavy atom. The summed E-state index contributed by atoms with van der Waals surface area (Å²) in [6.45, 7) is 6.22. The third-order valence-corrected chi connectivity index (χ3v) is 4.99. The molecule has 0 saturated heterocycles. The number of hydrogen-bond donors (Lipinski definition) is 0. The fraction of sp³-hybridized carbons (Fsp3) is 0.263. The van der Waals surface area contributed by atoms with E-state index in [1.165, 1.54) is 27.5 Å². The second-order valence-corrected chi connectivity index (χ2v) is 6.67. The molecule has 0 N–H and O–H groups in total. The Hall–Kier alpha value is -1.54. The lowest BCUT2D eigenvalue weighted by molar-refractivity contribution is 0.499. The number of aryl methyl sites for hydroxylation is 2. The number of fused-ring (bicyclic) bond motifs is 1. The molecule has 1 nitrogen and oxygen atoms in total. The van der Waals surface area contributed by atoms with Crippen LogP contribution in [0.25, 0.3) is 10.8 Å². The first-order valence-electron chi connectivity index (χ1n) is 7.25. The van der Waals surface area contributed by atoms with Crippen molar-refractivity contribution in [3.05, 3.63) is 70.7 Å². The van der Waals surface area contributed by atoms with Gasteiger partial charge in [-0.25, -0.2) is 0 Å². The molecule has 21 heavy (non-hydrogen) atoms. The van der Waals surface area contributed by atoms with Crippen molar-refractivity contribution < 1.29 is 4.42 Å². The van der Waals surface area contributed by atoms with Crippen LogP contribution in [0.1, 0.15) is 33.0 Å². The number of halogens is 1. The second kappa shape index (κ2) is 5.69. The molecular formula is C19H19BrO. The molecule has 1 aromatic heterocycles.